The van der Waals surface area contributed by atoms with Crippen LogP contribution in [0.25, 0.3) is 21.9 Å². The van der Waals surface area contributed by atoms with Crippen LogP contribution in [0, 0.1) is 0 Å². The number of carbonyl (C=O) groups excluding carboxylic acids is 1. The Hall–Kier alpha value is -2.72. The zero-order valence-electron chi connectivity index (χ0n) is 17.5. The van der Waals surface area contributed by atoms with Crippen molar-refractivity contribution in [2.75, 3.05) is 33.1 Å². The summed E-state index contributed by atoms with van der Waals surface area (Å²) in [5, 5.41) is 4.40. The Bertz CT molecular complexity index is 1230. The van der Waals surface area contributed by atoms with Crippen LogP contribution in [0.4, 0.5) is 0 Å². The molecule has 1 amide bonds. The monoisotopic (exact) mass is 444 g/mol. The minimum Gasteiger partial charge on any atom is -0.493 e. The molecule has 2 aromatic heterocycles. The number of fused-ring (bicyclic) bond motifs is 4. The van der Waals surface area contributed by atoms with Gasteiger partial charge in [-0.2, -0.15) is 0 Å². The first kappa shape index (κ1) is 20.2. The highest BCUT2D eigenvalue weighted by Gasteiger charge is 2.25. The first-order valence-electron chi connectivity index (χ1n) is 10.3. The lowest BCUT2D eigenvalue weighted by molar-refractivity contribution is -0.122. The molecule has 3 aromatic rings. The lowest BCUT2D eigenvalue weighted by atomic mass is 10.2. The highest BCUT2D eigenvalue weighted by molar-refractivity contribution is 7.99. The van der Waals surface area contributed by atoms with Crippen LogP contribution in [0.3, 0.4) is 0 Å². The van der Waals surface area contributed by atoms with Crippen LogP contribution >= 0.6 is 11.8 Å². The van der Waals surface area contributed by atoms with Crippen molar-refractivity contribution < 1.29 is 19.0 Å². The van der Waals surface area contributed by atoms with Crippen LogP contribution in [0.1, 0.15) is 12.8 Å². The maximum Gasteiger partial charge on any atom is 0.278 e. The van der Waals surface area contributed by atoms with E-state index in [-0.39, 0.29) is 24.1 Å². The molecular weight excluding hydrogens is 420 g/mol. The van der Waals surface area contributed by atoms with Crippen molar-refractivity contribution in [1.29, 1.82) is 0 Å². The van der Waals surface area contributed by atoms with Gasteiger partial charge in [0.15, 0.2) is 16.7 Å². The molecule has 1 aromatic carbocycles. The summed E-state index contributed by atoms with van der Waals surface area (Å²) in [5.74, 6) is 1.71. The Kier molecular flexibility index (Phi) is 5.27. The second-order valence-electron chi connectivity index (χ2n) is 7.65. The Morgan fingerprint density at radius 1 is 1.32 bits per heavy atom. The molecule has 5 rings (SSSR count). The van der Waals surface area contributed by atoms with E-state index in [0.29, 0.717) is 46.3 Å². The molecule has 0 unspecified atom stereocenters. The van der Waals surface area contributed by atoms with Crippen LogP contribution in [0.2, 0.25) is 0 Å². The summed E-state index contributed by atoms with van der Waals surface area (Å²) >= 11 is 1.56. The fraction of sp³-hybridized carbons (Fsp3) is 0.476. The lowest BCUT2D eigenvalue weighted by Gasteiger charge is -2.13. The Balaban J connectivity index is 1.63. The standard InChI is InChI=1S/C21H24N4O5S/c1-28-15-8-13-14(9-16(15)29-2)25(11-17(26)22-10-12-4-3-6-30-12)19-18(13)23-21-24(20(19)27)5-7-31-21/h8-9,12H,3-7,10-11H2,1-2H3,(H,22,26)/t12-/m0/s1. The second-order valence-corrected chi connectivity index (χ2v) is 8.71. The van der Waals surface area contributed by atoms with E-state index in [0.717, 1.165) is 30.6 Å². The van der Waals surface area contributed by atoms with Gasteiger partial charge in [0.25, 0.3) is 5.56 Å². The van der Waals surface area contributed by atoms with Gasteiger partial charge in [0.05, 0.1) is 25.8 Å². The number of methoxy groups -OCH3 is 2. The molecule has 0 bridgehead atoms. The van der Waals surface area contributed by atoms with Gasteiger partial charge < -0.3 is 24.1 Å². The van der Waals surface area contributed by atoms with Crippen molar-refractivity contribution in [3.63, 3.8) is 0 Å². The Labute approximate surface area is 182 Å². The third kappa shape index (κ3) is 3.43. The molecule has 1 atom stereocenters. The number of benzene rings is 1. The van der Waals surface area contributed by atoms with Gasteiger partial charge in [-0.25, -0.2) is 4.98 Å². The van der Waals surface area contributed by atoms with E-state index in [4.69, 9.17) is 19.2 Å². The molecular formula is C21H24N4O5S. The highest BCUT2D eigenvalue weighted by atomic mass is 32.2. The van der Waals surface area contributed by atoms with E-state index >= 15 is 0 Å². The molecule has 164 valence electrons. The molecule has 0 radical (unpaired) electrons. The van der Waals surface area contributed by atoms with Gasteiger partial charge >= 0.3 is 0 Å². The number of ether oxygens (including phenoxy) is 3. The van der Waals surface area contributed by atoms with Crippen molar-refractivity contribution in [2.45, 2.75) is 37.2 Å². The first-order valence-corrected chi connectivity index (χ1v) is 11.3. The molecule has 0 saturated carbocycles. The number of nitrogens with one attached hydrogen (secondary N) is 1. The quantitative estimate of drug-likeness (QED) is 0.579. The summed E-state index contributed by atoms with van der Waals surface area (Å²) in [5.41, 5.74) is 1.57. The Morgan fingerprint density at radius 3 is 2.87 bits per heavy atom. The van der Waals surface area contributed by atoms with Crippen LogP contribution in [-0.4, -0.2) is 59.3 Å². The van der Waals surface area contributed by atoms with Crippen molar-refractivity contribution in [1.82, 2.24) is 19.4 Å². The summed E-state index contributed by atoms with van der Waals surface area (Å²) in [7, 11) is 3.13. The summed E-state index contributed by atoms with van der Waals surface area (Å²) in [4.78, 5) is 30.9. The lowest BCUT2D eigenvalue weighted by Crippen LogP contribution is -2.34. The zero-order chi connectivity index (χ0) is 21.5. The topological polar surface area (TPSA) is 96.6 Å². The first-order chi connectivity index (χ1) is 15.1. The van der Waals surface area contributed by atoms with Crippen molar-refractivity contribution >= 4 is 39.6 Å². The maximum absolute atomic E-state index is 13.3. The molecule has 2 aliphatic rings. The van der Waals surface area contributed by atoms with E-state index in [1.54, 1.807) is 41.2 Å². The smallest absolute Gasteiger partial charge is 0.278 e. The summed E-state index contributed by atoms with van der Waals surface area (Å²) in [6.07, 6.45) is 2.02. The Morgan fingerprint density at radius 2 is 2.13 bits per heavy atom. The molecule has 4 heterocycles. The summed E-state index contributed by atoms with van der Waals surface area (Å²) in [6, 6.07) is 3.62. The van der Waals surface area contributed by atoms with Crippen LogP contribution < -0.4 is 20.3 Å². The van der Waals surface area contributed by atoms with E-state index in [1.807, 2.05) is 6.07 Å². The number of hydrogen-bond acceptors (Lipinski definition) is 7. The fourth-order valence-electron chi connectivity index (χ4n) is 4.29. The molecule has 0 aliphatic carbocycles. The van der Waals surface area contributed by atoms with E-state index in [9.17, 15) is 9.59 Å². The maximum atomic E-state index is 13.3. The minimum absolute atomic E-state index is 0.00557. The van der Waals surface area contributed by atoms with Crippen molar-refractivity contribution in [2.24, 2.45) is 0 Å². The molecule has 31 heavy (non-hydrogen) atoms. The highest BCUT2D eigenvalue weighted by Crippen LogP contribution is 2.37. The third-order valence-corrected chi connectivity index (χ3v) is 6.78. The second kappa shape index (κ2) is 8.08. The van der Waals surface area contributed by atoms with E-state index in [2.05, 4.69) is 5.32 Å². The van der Waals surface area contributed by atoms with Crippen molar-refractivity contribution in [3.05, 3.63) is 22.5 Å². The average Bonchev–Trinajstić information content (AvgIpc) is 3.52. The molecule has 2 aliphatic heterocycles. The fourth-order valence-corrected chi connectivity index (χ4v) is 5.23. The third-order valence-electron chi connectivity index (χ3n) is 5.83. The average molecular weight is 445 g/mol. The number of carbonyl (C=O) groups is 1. The molecule has 1 N–H and O–H groups in total. The van der Waals surface area contributed by atoms with E-state index < -0.39 is 0 Å². The van der Waals surface area contributed by atoms with Gasteiger partial charge in [0.1, 0.15) is 17.6 Å². The van der Waals surface area contributed by atoms with Gasteiger partial charge in [-0.05, 0) is 18.9 Å². The van der Waals surface area contributed by atoms with Gasteiger partial charge in [-0.1, -0.05) is 11.8 Å². The number of nitrogens with zero attached hydrogens (tertiary/aromatic N) is 3. The van der Waals surface area contributed by atoms with Crippen LogP contribution in [0.5, 0.6) is 11.5 Å². The predicted octanol–water partition coefficient (Wildman–Crippen LogP) is 1.77. The van der Waals surface area contributed by atoms with Gasteiger partial charge in [0, 0.05) is 36.9 Å². The summed E-state index contributed by atoms with van der Waals surface area (Å²) < 4.78 is 19.9. The van der Waals surface area contributed by atoms with Crippen LogP contribution in [-0.2, 0) is 22.6 Å². The van der Waals surface area contributed by atoms with Crippen molar-refractivity contribution in [3.8, 4) is 11.5 Å². The van der Waals surface area contributed by atoms with E-state index in [1.165, 1.54) is 0 Å². The number of rotatable bonds is 6. The molecule has 10 heteroatoms. The number of aromatic nitrogens is 3. The zero-order valence-corrected chi connectivity index (χ0v) is 18.3. The van der Waals surface area contributed by atoms with Gasteiger partial charge in [-0.15, -0.1) is 0 Å². The summed E-state index contributed by atoms with van der Waals surface area (Å²) in [6.45, 7) is 1.82. The largest absolute Gasteiger partial charge is 0.493 e. The predicted molar refractivity (Wildman–Crippen MR) is 117 cm³/mol. The van der Waals surface area contributed by atoms with Crippen LogP contribution in [0.15, 0.2) is 22.1 Å². The number of hydrogen-bond donors (Lipinski definition) is 1. The normalized spacial score (nSPS) is 17.9. The number of amides is 1. The molecule has 1 fully saturated rings. The van der Waals surface area contributed by atoms with Gasteiger partial charge in [-0.3, -0.25) is 14.2 Å². The number of thioether (sulfide) groups is 1. The molecule has 1 saturated heterocycles. The minimum atomic E-state index is -0.177. The molecule has 9 nitrogen and oxygen atoms in total. The van der Waals surface area contributed by atoms with Gasteiger partial charge in [0.2, 0.25) is 5.91 Å². The SMILES string of the molecule is COc1cc2c3nc4n(c(=O)c3n(CC(=O)NC[C@@H]3CCCO3)c2cc1OC)CCS4. The molecule has 0 spiro atoms.